The van der Waals surface area contributed by atoms with Crippen molar-refractivity contribution in [3.63, 3.8) is 0 Å². The number of aromatic nitrogens is 1. The Morgan fingerprint density at radius 2 is 1.95 bits per heavy atom. The summed E-state index contributed by atoms with van der Waals surface area (Å²) < 4.78 is 0. The number of carbonyl (C=O) groups excluding carboxylic acids is 1. The third-order valence-corrected chi connectivity index (χ3v) is 4.95. The molecular weight excluding hydrogens is 250 g/mol. The van der Waals surface area contributed by atoms with Crippen molar-refractivity contribution in [2.45, 2.75) is 46.5 Å². The van der Waals surface area contributed by atoms with Crippen LogP contribution in [0.5, 0.6) is 0 Å². The first kappa shape index (κ1) is 14.8. The van der Waals surface area contributed by atoms with Gasteiger partial charge in [-0.3, -0.25) is 9.78 Å². The lowest BCUT2D eigenvalue weighted by Crippen LogP contribution is -2.43. The minimum Gasteiger partial charge on any atom is -0.397 e. The topological polar surface area (TPSA) is 59.2 Å². The van der Waals surface area contributed by atoms with Gasteiger partial charge in [-0.25, -0.2) is 0 Å². The van der Waals surface area contributed by atoms with Crippen LogP contribution in [0.25, 0.3) is 0 Å². The van der Waals surface area contributed by atoms with Crippen molar-refractivity contribution in [3.8, 4) is 0 Å². The Balaban J connectivity index is 2.10. The second kappa shape index (κ2) is 5.81. The predicted octanol–water partition coefficient (Wildman–Crippen LogP) is 3.01. The van der Waals surface area contributed by atoms with Crippen molar-refractivity contribution >= 4 is 11.6 Å². The molecule has 1 aliphatic heterocycles. The highest BCUT2D eigenvalue weighted by Crippen LogP contribution is 2.38. The van der Waals surface area contributed by atoms with Gasteiger partial charge in [0.2, 0.25) is 0 Å². The monoisotopic (exact) mass is 275 g/mol. The van der Waals surface area contributed by atoms with E-state index in [0.717, 1.165) is 31.6 Å². The van der Waals surface area contributed by atoms with Gasteiger partial charge in [-0.1, -0.05) is 26.7 Å². The van der Waals surface area contributed by atoms with Crippen LogP contribution in [0.2, 0.25) is 0 Å². The largest absolute Gasteiger partial charge is 0.397 e. The molecule has 0 aliphatic carbocycles. The summed E-state index contributed by atoms with van der Waals surface area (Å²) in [6.07, 6.45) is 6.19. The van der Waals surface area contributed by atoms with Crippen LogP contribution >= 0.6 is 0 Å². The molecule has 110 valence electrons. The van der Waals surface area contributed by atoms with Gasteiger partial charge in [0, 0.05) is 13.1 Å². The maximum absolute atomic E-state index is 12.6. The number of nitrogens with zero attached hydrogens (tertiary/aromatic N) is 2. The molecule has 1 amide bonds. The average molecular weight is 275 g/mol. The van der Waals surface area contributed by atoms with E-state index >= 15 is 0 Å². The molecule has 0 atom stereocenters. The highest BCUT2D eigenvalue weighted by molar-refractivity contribution is 5.96. The number of likely N-dealkylation sites (tertiary alicyclic amines) is 1. The first-order valence-electron chi connectivity index (χ1n) is 7.53. The van der Waals surface area contributed by atoms with Crippen LogP contribution in [-0.2, 0) is 0 Å². The zero-order valence-corrected chi connectivity index (χ0v) is 12.8. The molecule has 1 aromatic heterocycles. The number of piperidine rings is 1. The number of amides is 1. The molecule has 2 rings (SSSR count). The van der Waals surface area contributed by atoms with Gasteiger partial charge in [-0.15, -0.1) is 0 Å². The van der Waals surface area contributed by atoms with Crippen molar-refractivity contribution in [1.29, 1.82) is 0 Å². The fourth-order valence-electron chi connectivity index (χ4n) is 3.08. The van der Waals surface area contributed by atoms with Gasteiger partial charge in [-0.2, -0.15) is 0 Å². The lowest BCUT2D eigenvalue weighted by atomic mass is 9.74. The molecule has 4 nitrogen and oxygen atoms in total. The quantitative estimate of drug-likeness (QED) is 0.922. The molecule has 0 radical (unpaired) electrons. The Bertz CT molecular complexity index is 484. The fourth-order valence-corrected chi connectivity index (χ4v) is 3.08. The number of hydrogen-bond acceptors (Lipinski definition) is 3. The van der Waals surface area contributed by atoms with Gasteiger partial charge in [0.25, 0.3) is 5.91 Å². The van der Waals surface area contributed by atoms with Gasteiger partial charge in [0.15, 0.2) is 0 Å². The second-order valence-corrected chi connectivity index (χ2v) is 5.90. The van der Waals surface area contributed by atoms with Crippen LogP contribution in [0, 0.1) is 12.3 Å². The van der Waals surface area contributed by atoms with Crippen molar-refractivity contribution in [3.05, 3.63) is 23.5 Å². The standard InChI is InChI=1S/C16H25N3O/c1-4-16(5-2)6-8-19(9-7-16)15(20)14-10-13(17)11-18-12(14)3/h10-11H,4-9,17H2,1-3H3. The summed E-state index contributed by atoms with van der Waals surface area (Å²) in [4.78, 5) is 18.7. The summed E-state index contributed by atoms with van der Waals surface area (Å²) in [6, 6.07) is 1.74. The first-order chi connectivity index (χ1) is 9.51. The molecule has 0 aromatic carbocycles. The maximum atomic E-state index is 12.6. The molecule has 2 N–H and O–H groups in total. The van der Waals surface area contributed by atoms with Gasteiger partial charge < -0.3 is 10.6 Å². The van der Waals surface area contributed by atoms with E-state index < -0.39 is 0 Å². The van der Waals surface area contributed by atoms with Crippen LogP contribution in [0.15, 0.2) is 12.3 Å². The van der Waals surface area contributed by atoms with Gasteiger partial charge >= 0.3 is 0 Å². The summed E-state index contributed by atoms with van der Waals surface area (Å²) in [7, 11) is 0. The Morgan fingerprint density at radius 3 is 2.50 bits per heavy atom. The number of hydrogen-bond donors (Lipinski definition) is 1. The van der Waals surface area contributed by atoms with Crippen molar-refractivity contribution in [2.24, 2.45) is 5.41 Å². The third-order valence-electron chi connectivity index (χ3n) is 4.95. The molecule has 4 heteroatoms. The number of rotatable bonds is 3. The minimum absolute atomic E-state index is 0.0723. The van der Waals surface area contributed by atoms with Crippen molar-refractivity contribution < 1.29 is 4.79 Å². The van der Waals surface area contributed by atoms with Gasteiger partial charge in [0.05, 0.1) is 23.1 Å². The number of carbonyl (C=O) groups is 1. The first-order valence-corrected chi connectivity index (χ1v) is 7.53. The summed E-state index contributed by atoms with van der Waals surface area (Å²) in [6.45, 7) is 8.06. The molecule has 0 spiro atoms. The van der Waals surface area contributed by atoms with Crippen molar-refractivity contribution in [1.82, 2.24) is 9.88 Å². The Morgan fingerprint density at radius 1 is 1.35 bits per heavy atom. The van der Waals surface area contributed by atoms with E-state index in [1.54, 1.807) is 12.3 Å². The van der Waals surface area contributed by atoms with Gasteiger partial charge in [0.1, 0.15) is 0 Å². The molecule has 2 heterocycles. The Hall–Kier alpha value is -1.58. The lowest BCUT2D eigenvalue weighted by molar-refractivity contribution is 0.0556. The minimum atomic E-state index is 0.0723. The number of nitrogens with two attached hydrogens (primary N) is 1. The number of anilines is 1. The SMILES string of the molecule is CCC1(CC)CCN(C(=O)c2cc(N)cnc2C)CC1. The highest BCUT2D eigenvalue weighted by Gasteiger charge is 2.33. The van der Waals surface area contributed by atoms with E-state index in [1.165, 1.54) is 12.8 Å². The van der Waals surface area contributed by atoms with Crippen LogP contribution in [0.3, 0.4) is 0 Å². The Labute approximate surface area is 121 Å². The third kappa shape index (κ3) is 2.79. The summed E-state index contributed by atoms with van der Waals surface area (Å²) >= 11 is 0. The Kier molecular flexibility index (Phi) is 4.31. The zero-order chi connectivity index (χ0) is 14.8. The lowest BCUT2D eigenvalue weighted by Gasteiger charge is -2.41. The molecule has 1 aliphatic rings. The fraction of sp³-hybridized carbons (Fsp3) is 0.625. The van der Waals surface area contributed by atoms with E-state index in [9.17, 15) is 4.79 Å². The molecule has 0 unspecified atom stereocenters. The van der Waals surface area contributed by atoms with E-state index in [0.29, 0.717) is 16.7 Å². The van der Waals surface area contributed by atoms with Crippen LogP contribution in [0.4, 0.5) is 5.69 Å². The molecule has 0 saturated carbocycles. The van der Waals surface area contributed by atoms with Crippen LogP contribution in [-0.4, -0.2) is 28.9 Å². The molecule has 20 heavy (non-hydrogen) atoms. The second-order valence-electron chi connectivity index (χ2n) is 5.90. The summed E-state index contributed by atoms with van der Waals surface area (Å²) in [5.74, 6) is 0.0723. The molecule has 1 saturated heterocycles. The molecular formula is C16H25N3O. The molecule has 1 fully saturated rings. The maximum Gasteiger partial charge on any atom is 0.255 e. The number of pyridine rings is 1. The number of nitrogen functional groups attached to an aromatic ring is 1. The van der Waals surface area contributed by atoms with E-state index in [4.69, 9.17) is 5.73 Å². The normalized spacial score (nSPS) is 18.1. The van der Waals surface area contributed by atoms with Crippen LogP contribution in [0.1, 0.15) is 55.6 Å². The van der Waals surface area contributed by atoms with E-state index in [2.05, 4.69) is 18.8 Å². The zero-order valence-electron chi connectivity index (χ0n) is 12.8. The average Bonchev–Trinajstić information content (AvgIpc) is 2.49. The van der Waals surface area contributed by atoms with Crippen LogP contribution < -0.4 is 5.73 Å². The highest BCUT2D eigenvalue weighted by atomic mass is 16.2. The summed E-state index contributed by atoms with van der Waals surface area (Å²) in [5, 5.41) is 0. The summed E-state index contributed by atoms with van der Waals surface area (Å²) in [5.41, 5.74) is 8.13. The smallest absolute Gasteiger partial charge is 0.255 e. The van der Waals surface area contributed by atoms with E-state index in [1.807, 2.05) is 11.8 Å². The number of aryl methyl sites for hydroxylation is 1. The molecule has 1 aromatic rings. The van der Waals surface area contributed by atoms with Gasteiger partial charge in [-0.05, 0) is 31.2 Å². The van der Waals surface area contributed by atoms with Crippen molar-refractivity contribution in [2.75, 3.05) is 18.8 Å². The molecule has 0 bridgehead atoms. The van der Waals surface area contributed by atoms with E-state index in [-0.39, 0.29) is 5.91 Å². The predicted molar refractivity (Wildman–Crippen MR) is 81.5 cm³/mol.